The number of benzene rings is 2. The summed E-state index contributed by atoms with van der Waals surface area (Å²) in [6, 6.07) is 15.1. The van der Waals surface area contributed by atoms with Crippen LogP contribution in [0.2, 0.25) is 0 Å². The Morgan fingerprint density at radius 3 is 2.28 bits per heavy atom. The minimum absolute atomic E-state index is 0.118. The van der Waals surface area contributed by atoms with Gasteiger partial charge in [-0.05, 0) is 80.0 Å². The van der Waals surface area contributed by atoms with E-state index < -0.39 is 23.2 Å². The molecule has 0 bridgehead atoms. The lowest BCUT2D eigenvalue weighted by Gasteiger charge is -2.30. The third kappa shape index (κ3) is 8.33. The first-order valence-corrected chi connectivity index (χ1v) is 11.7. The van der Waals surface area contributed by atoms with Gasteiger partial charge in [0.2, 0.25) is 0 Å². The molecule has 0 aliphatic heterocycles. The Morgan fingerprint density at radius 2 is 1.69 bits per heavy atom. The lowest BCUT2D eigenvalue weighted by molar-refractivity contribution is -0.152. The highest BCUT2D eigenvalue weighted by molar-refractivity contribution is 14.1. The molecule has 1 amide bonds. The van der Waals surface area contributed by atoms with E-state index in [0.717, 1.165) is 26.9 Å². The third-order valence-electron chi connectivity index (χ3n) is 4.46. The Kier molecular flexibility index (Phi) is 9.36. The van der Waals surface area contributed by atoms with Crippen LogP contribution >= 0.6 is 22.6 Å². The first kappa shape index (κ1) is 26.0. The monoisotopic (exact) mass is 553 g/mol. The summed E-state index contributed by atoms with van der Waals surface area (Å²) in [5.41, 5.74) is -0.264. The van der Waals surface area contributed by atoms with Gasteiger partial charge in [-0.15, -0.1) is 0 Å². The van der Waals surface area contributed by atoms with Gasteiger partial charge in [-0.1, -0.05) is 43.3 Å². The van der Waals surface area contributed by atoms with Crippen LogP contribution in [0.3, 0.4) is 0 Å². The fraction of sp³-hybridized carbons (Fsp3) is 0.440. The van der Waals surface area contributed by atoms with Gasteiger partial charge in [0.25, 0.3) is 0 Å². The number of ether oxygens (including phenoxy) is 3. The van der Waals surface area contributed by atoms with Gasteiger partial charge in [-0.2, -0.15) is 0 Å². The molecular formula is C25H32INO5. The van der Waals surface area contributed by atoms with E-state index >= 15 is 0 Å². The van der Waals surface area contributed by atoms with E-state index in [0.29, 0.717) is 6.61 Å². The molecule has 2 aromatic carbocycles. The van der Waals surface area contributed by atoms with Crippen LogP contribution in [0.1, 0.15) is 52.2 Å². The Balaban J connectivity index is 2.21. The van der Waals surface area contributed by atoms with Crippen LogP contribution in [0.5, 0.6) is 5.75 Å². The molecule has 1 N–H and O–H groups in total. The standard InChI is InChI=1S/C25H32INO5/c1-6-14-30-21-13-12-19(15-20(21)26)16-25(5,27-23(29)32-24(2,3)4)22(28)31-17-18-10-8-7-9-11-18/h7-13,15H,6,14,16-17H2,1-5H3,(H,27,29)/t25-/m0/s1. The van der Waals surface area contributed by atoms with Crippen molar-refractivity contribution in [1.29, 1.82) is 0 Å². The van der Waals surface area contributed by atoms with Gasteiger partial charge in [-0.3, -0.25) is 0 Å². The first-order valence-electron chi connectivity index (χ1n) is 10.7. The van der Waals surface area contributed by atoms with Crippen molar-refractivity contribution in [3.05, 3.63) is 63.2 Å². The number of hydrogen-bond acceptors (Lipinski definition) is 5. The number of nitrogens with one attached hydrogen (secondary N) is 1. The fourth-order valence-electron chi connectivity index (χ4n) is 2.97. The predicted molar refractivity (Wildman–Crippen MR) is 133 cm³/mol. The van der Waals surface area contributed by atoms with Crippen molar-refractivity contribution in [2.45, 2.75) is 65.2 Å². The topological polar surface area (TPSA) is 73.9 Å². The Morgan fingerprint density at radius 1 is 1.00 bits per heavy atom. The largest absolute Gasteiger partial charge is 0.492 e. The van der Waals surface area contributed by atoms with Gasteiger partial charge in [0.05, 0.1) is 10.2 Å². The number of esters is 1. The number of amides is 1. The maximum absolute atomic E-state index is 13.1. The van der Waals surface area contributed by atoms with Crippen LogP contribution in [-0.4, -0.2) is 29.8 Å². The smallest absolute Gasteiger partial charge is 0.408 e. The summed E-state index contributed by atoms with van der Waals surface area (Å²) in [5, 5.41) is 2.73. The fourth-order valence-corrected chi connectivity index (χ4v) is 3.71. The molecule has 0 heterocycles. The van der Waals surface area contributed by atoms with Crippen LogP contribution in [-0.2, 0) is 27.3 Å². The van der Waals surface area contributed by atoms with Crippen molar-refractivity contribution in [3.8, 4) is 5.75 Å². The number of hydrogen-bond donors (Lipinski definition) is 1. The normalized spacial score (nSPS) is 13.1. The average Bonchev–Trinajstić information content (AvgIpc) is 2.70. The van der Waals surface area contributed by atoms with Crippen LogP contribution < -0.4 is 10.1 Å². The summed E-state index contributed by atoms with van der Waals surface area (Å²) < 4.78 is 17.6. The SMILES string of the molecule is CCCOc1ccc(C[C@](C)(NC(=O)OC(C)(C)C)C(=O)OCc2ccccc2)cc1I. The minimum Gasteiger partial charge on any atom is -0.492 e. The minimum atomic E-state index is -1.31. The molecule has 32 heavy (non-hydrogen) atoms. The molecule has 0 aliphatic carbocycles. The van der Waals surface area contributed by atoms with Crippen molar-refractivity contribution in [2.24, 2.45) is 0 Å². The second-order valence-corrected chi connectivity index (χ2v) is 9.97. The Hall–Kier alpha value is -2.29. The van der Waals surface area contributed by atoms with Crippen LogP contribution in [0.25, 0.3) is 0 Å². The maximum atomic E-state index is 13.1. The predicted octanol–water partition coefficient (Wildman–Crippen LogP) is 5.65. The molecular weight excluding hydrogens is 521 g/mol. The molecule has 7 heteroatoms. The van der Waals surface area contributed by atoms with Gasteiger partial charge >= 0.3 is 12.1 Å². The van der Waals surface area contributed by atoms with Crippen molar-refractivity contribution in [2.75, 3.05) is 6.61 Å². The van der Waals surface area contributed by atoms with E-state index in [-0.39, 0.29) is 13.0 Å². The zero-order valence-electron chi connectivity index (χ0n) is 19.4. The highest BCUT2D eigenvalue weighted by atomic mass is 127. The summed E-state index contributed by atoms with van der Waals surface area (Å²) in [7, 11) is 0. The molecule has 0 spiro atoms. The molecule has 1 atom stereocenters. The van der Waals surface area contributed by atoms with Crippen LogP contribution in [0, 0.1) is 3.57 Å². The van der Waals surface area contributed by atoms with E-state index in [1.54, 1.807) is 27.7 Å². The molecule has 0 aromatic heterocycles. The van der Waals surface area contributed by atoms with E-state index in [4.69, 9.17) is 14.2 Å². The highest BCUT2D eigenvalue weighted by Gasteiger charge is 2.38. The summed E-state index contributed by atoms with van der Waals surface area (Å²) in [6.07, 6.45) is 0.488. The van der Waals surface area contributed by atoms with E-state index in [1.165, 1.54) is 0 Å². The second kappa shape index (κ2) is 11.5. The van der Waals surface area contributed by atoms with Gasteiger partial charge in [0, 0.05) is 6.42 Å². The van der Waals surface area contributed by atoms with Crippen LogP contribution in [0.15, 0.2) is 48.5 Å². The first-order chi connectivity index (χ1) is 15.0. The summed E-state index contributed by atoms with van der Waals surface area (Å²) >= 11 is 2.21. The average molecular weight is 553 g/mol. The lowest BCUT2D eigenvalue weighted by Crippen LogP contribution is -2.55. The zero-order valence-corrected chi connectivity index (χ0v) is 21.5. The van der Waals surface area contributed by atoms with Gasteiger partial charge < -0.3 is 19.5 Å². The Bertz CT molecular complexity index is 910. The highest BCUT2D eigenvalue weighted by Crippen LogP contribution is 2.25. The summed E-state index contributed by atoms with van der Waals surface area (Å²) in [6.45, 7) is 9.78. The van der Waals surface area contributed by atoms with E-state index in [9.17, 15) is 9.59 Å². The molecule has 0 saturated carbocycles. The summed E-state index contributed by atoms with van der Waals surface area (Å²) in [5.74, 6) is 0.262. The Labute approximate surface area is 204 Å². The number of carbonyl (C=O) groups is 2. The summed E-state index contributed by atoms with van der Waals surface area (Å²) in [4.78, 5) is 25.6. The van der Waals surface area contributed by atoms with Crippen LogP contribution in [0.4, 0.5) is 4.79 Å². The molecule has 0 aliphatic rings. The van der Waals surface area contributed by atoms with Gasteiger partial charge in [-0.25, -0.2) is 9.59 Å². The van der Waals surface area contributed by atoms with Gasteiger partial charge in [0.15, 0.2) is 0 Å². The molecule has 2 aromatic rings. The van der Waals surface area contributed by atoms with Crippen molar-refractivity contribution in [1.82, 2.24) is 5.32 Å². The molecule has 0 saturated heterocycles. The quantitative estimate of drug-likeness (QED) is 0.321. The second-order valence-electron chi connectivity index (χ2n) is 8.81. The van der Waals surface area contributed by atoms with Crippen molar-refractivity contribution in [3.63, 3.8) is 0 Å². The zero-order chi connectivity index (χ0) is 23.8. The number of rotatable bonds is 9. The third-order valence-corrected chi connectivity index (χ3v) is 5.30. The van der Waals surface area contributed by atoms with E-state index in [2.05, 4.69) is 34.8 Å². The van der Waals surface area contributed by atoms with Crippen molar-refractivity contribution < 1.29 is 23.8 Å². The van der Waals surface area contributed by atoms with Gasteiger partial charge in [0.1, 0.15) is 23.5 Å². The maximum Gasteiger partial charge on any atom is 0.408 e. The molecule has 2 rings (SSSR count). The number of alkyl carbamates (subject to hydrolysis) is 1. The molecule has 0 radical (unpaired) electrons. The molecule has 0 fully saturated rings. The van der Waals surface area contributed by atoms with Crippen molar-refractivity contribution >= 4 is 34.7 Å². The molecule has 174 valence electrons. The lowest BCUT2D eigenvalue weighted by atomic mass is 9.92. The molecule has 0 unspecified atom stereocenters. The molecule has 6 nitrogen and oxygen atoms in total. The van der Waals surface area contributed by atoms with E-state index in [1.807, 2.05) is 48.5 Å². The number of halogens is 1. The number of carbonyl (C=O) groups excluding carboxylic acids is 2.